The Hall–Kier alpha value is -3.13. The van der Waals surface area contributed by atoms with Crippen LogP contribution in [0.4, 0.5) is 0 Å². The summed E-state index contributed by atoms with van der Waals surface area (Å²) >= 11 is 11.9. The third-order valence-electron chi connectivity index (χ3n) is 4.34. The van der Waals surface area contributed by atoms with Gasteiger partial charge in [-0.1, -0.05) is 29.3 Å². The van der Waals surface area contributed by atoms with Crippen molar-refractivity contribution >= 4 is 52.1 Å². The Bertz CT molecular complexity index is 1230. The van der Waals surface area contributed by atoms with Crippen molar-refractivity contribution in [2.45, 2.75) is 6.42 Å². The first kappa shape index (κ1) is 23.5. The Labute approximate surface area is 193 Å². The van der Waals surface area contributed by atoms with Crippen molar-refractivity contribution in [3.63, 3.8) is 0 Å². The molecule has 0 unspecified atom stereocenters. The Kier molecular flexibility index (Phi) is 8.05. The third-order valence-corrected chi connectivity index (χ3v) is 4.91. The fraction of sp³-hybridized carbons (Fsp3) is 0.174. The van der Waals surface area contributed by atoms with Gasteiger partial charge in [0.1, 0.15) is 16.9 Å². The molecule has 3 aromatic rings. The molecule has 1 amide bonds. The minimum absolute atomic E-state index is 0.109. The van der Waals surface area contributed by atoms with E-state index in [9.17, 15) is 14.4 Å². The fourth-order valence-corrected chi connectivity index (χ4v) is 3.24. The highest BCUT2D eigenvalue weighted by molar-refractivity contribution is 6.35. The molecule has 0 aliphatic carbocycles. The van der Waals surface area contributed by atoms with Crippen LogP contribution in [-0.2, 0) is 9.53 Å². The predicted molar refractivity (Wildman–Crippen MR) is 122 cm³/mol. The van der Waals surface area contributed by atoms with Gasteiger partial charge in [0.05, 0.1) is 0 Å². The summed E-state index contributed by atoms with van der Waals surface area (Å²) in [5.74, 6) is -1.00. The lowest BCUT2D eigenvalue weighted by atomic mass is 10.1. The highest BCUT2D eigenvalue weighted by Gasteiger charge is 2.14. The first-order valence-electron chi connectivity index (χ1n) is 9.57. The number of amides is 1. The summed E-state index contributed by atoms with van der Waals surface area (Å²) in [6.45, 7) is 0.865. The lowest BCUT2D eigenvalue weighted by molar-refractivity contribution is -0.128. The molecule has 0 aliphatic rings. The molecule has 0 saturated carbocycles. The number of rotatable bonds is 8. The molecule has 0 radical (unpaired) electrons. The molecular formula is C23H19Cl2NO6. The normalized spacial score (nSPS) is 11.1. The van der Waals surface area contributed by atoms with E-state index in [2.05, 4.69) is 5.32 Å². The third kappa shape index (κ3) is 6.20. The van der Waals surface area contributed by atoms with Gasteiger partial charge in [-0.05, 0) is 48.4 Å². The van der Waals surface area contributed by atoms with Crippen LogP contribution in [0.2, 0.25) is 10.0 Å². The van der Waals surface area contributed by atoms with Crippen molar-refractivity contribution in [1.82, 2.24) is 5.32 Å². The highest BCUT2D eigenvalue weighted by atomic mass is 35.5. The molecule has 2 aromatic carbocycles. The van der Waals surface area contributed by atoms with Crippen LogP contribution < -0.4 is 15.7 Å². The van der Waals surface area contributed by atoms with Gasteiger partial charge in [0.25, 0.3) is 5.91 Å². The van der Waals surface area contributed by atoms with E-state index in [0.717, 1.165) is 0 Å². The quantitative estimate of drug-likeness (QED) is 0.169. The van der Waals surface area contributed by atoms with Gasteiger partial charge < -0.3 is 19.2 Å². The maximum atomic E-state index is 12.2. The second kappa shape index (κ2) is 10.9. The summed E-state index contributed by atoms with van der Waals surface area (Å²) in [5, 5.41) is 4.03. The molecule has 0 spiro atoms. The molecule has 1 N–H and O–H groups in total. The standard InChI is InChI=1S/C23H19Cl2NO6/c1-30-10-2-9-26-22(28)18-11-15-4-7-17(13-20(15)32-23(18)29)31-21(27)8-5-14-3-6-16(24)12-19(14)25/h3-8,11-13H,2,9-10H2,1H3,(H,26,28)/b8-5+. The van der Waals surface area contributed by atoms with Gasteiger partial charge in [0.2, 0.25) is 0 Å². The number of fused-ring (bicyclic) bond motifs is 1. The Morgan fingerprint density at radius 2 is 1.94 bits per heavy atom. The van der Waals surface area contributed by atoms with E-state index in [-0.39, 0.29) is 16.9 Å². The van der Waals surface area contributed by atoms with Crippen LogP contribution in [0.15, 0.2) is 57.8 Å². The molecule has 0 saturated heterocycles. The molecule has 0 bridgehead atoms. The Morgan fingerprint density at radius 1 is 1.12 bits per heavy atom. The smallest absolute Gasteiger partial charge is 0.349 e. The summed E-state index contributed by atoms with van der Waals surface area (Å²) in [6, 6.07) is 10.8. The minimum Gasteiger partial charge on any atom is -0.423 e. The monoisotopic (exact) mass is 475 g/mol. The molecular weight excluding hydrogens is 457 g/mol. The van der Waals surface area contributed by atoms with E-state index in [4.69, 9.17) is 37.1 Å². The van der Waals surface area contributed by atoms with Gasteiger partial charge in [-0.2, -0.15) is 0 Å². The number of carbonyl (C=O) groups excluding carboxylic acids is 2. The number of halogens is 2. The van der Waals surface area contributed by atoms with E-state index in [1.807, 2.05) is 0 Å². The van der Waals surface area contributed by atoms with Crippen LogP contribution in [0, 0.1) is 0 Å². The first-order chi connectivity index (χ1) is 15.4. The van der Waals surface area contributed by atoms with Crippen LogP contribution in [-0.4, -0.2) is 32.1 Å². The van der Waals surface area contributed by atoms with Crippen LogP contribution in [0.5, 0.6) is 5.75 Å². The predicted octanol–water partition coefficient (Wildman–Crippen LogP) is 4.48. The van der Waals surface area contributed by atoms with Crippen molar-refractivity contribution in [2.75, 3.05) is 20.3 Å². The number of benzene rings is 2. The highest BCUT2D eigenvalue weighted by Crippen LogP contribution is 2.23. The summed E-state index contributed by atoms with van der Waals surface area (Å²) in [7, 11) is 1.57. The van der Waals surface area contributed by atoms with Crippen molar-refractivity contribution < 1.29 is 23.5 Å². The Morgan fingerprint density at radius 3 is 2.69 bits per heavy atom. The second-order valence-corrected chi connectivity index (χ2v) is 7.51. The SMILES string of the molecule is COCCCNC(=O)c1cc2ccc(OC(=O)/C=C/c3ccc(Cl)cc3Cl)cc2oc1=O. The lowest BCUT2D eigenvalue weighted by Crippen LogP contribution is -2.29. The molecule has 1 aromatic heterocycles. The Balaban J connectivity index is 1.71. The molecule has 7 nitrogen and oxygen atoms in total. The van der Waals surface area contributed by atoms with Gasteiger partial charge in [0.15, 0.2) is 0 Å². The van der Waals surface area contributed by atoms with E-state index < -0.39 is 17.5 Å². The molecule has 0 fully saturated rings. The van der Waals surface area contributed by atoms with Gasteiger partial charge in [-0.15, -0.1) is 0 Å². The molecule has 9 heteroatoms. The van der Waals surface area contributed by atoms with E-state index in [0.29, 0.717) is 40.6 Å². The zero-order valence-electron chi connectivity index (χ0n) is 17.0. The van der Waals surface area contributed by atoms with Crippen LogP contribution in [0.25, 0.3) is 17.0 Å². The van der Waals surface area contributed by atoms with Crippen molar-refractivity contribution in [1.29, 1.82) is 0 Å². The van der Waals surface area contributed by atoms with Gasteiger partial charge in [0, 0.05) is 47.8 Å². The number of hydrogen-bond donors (Lipinski definition) is 1. The number of nitrogens with one attached hydrogen (secondary N) is 1. The van der Waals surface area contributed by atoms with E-state index in [1.165, 1.54) is 30.4 Å². The molecule has 0 atom stereocenters. The van der Waals surface area contributed by atoms with E-state index >= 15 is 0 Å². The van der Waals surface area contributed by atoms with Crippen LogP contribution in [0.3, 0.4) is 0 Å². The number of esters is 1. The zero-order valence-corrected chi connectivity index (χ0v) is 18.5. The van der Waals surface area contributed by atoms with Crippen LogP contribution >= 0.6 is 23.2 Å². The topological polar surface area (TPSA) is 94.8 Å². The number of ether oxygens (including phenoxy) is 2. The maximum Gasteiger partial charge on any atom is 0.349 e. The second-order valence-electron chi connectivity index (χ2n) is 6.67. The molecule has 1 heterocycles. The fourth-order valence-electron chi connectivity index (χ4n) is 2.77. The van der Waals surface area contributed by atoms with Gasteiger partial charge in [-0.3, -0.25) is 4.79 Å². The molecule has 0 aliphatic heterocycles. The number of carbonyl (C=O) groups is 2. The molecule has 166 valence electrons. The van der Waals surface area contributed by atoms with Crippen LogP contribution in [0.1, 0.15) is 22.3 Å². The average molecular weight is 476 g/mol. The molecule has 3 rings (SSSR count). The number of methoxy groups -OCH3 is 1. The van der Waals surface area contributed by atoms with Gasteiger partial charge in [-0.25, -0.2) is 9.59 Å². The largest absolute Gasteiger partial charge is 0.423 e. The summed E-state index contributed by atoms with van der Waals surface area (Å²) in [5.41, 5.74) is -0.114. The summed E-state index contributed by atoms with van der Waals surface area (Å²) in [4.78, 5) is 36.6. The maximum absolute atomic E-state index is 12.2. The summed E-state index contributed by atoms with van der Waals surface area (Å²) < 4.78 is 15.4. The van der Waals surface area contributed by atoms with Crippen molar-refractivity contribution in [3.8, 4) is 5.75 Å². The lowest BCUT2D eigenvalue weighted by Gasteiger charge is -2.06. The van der Waals surface area contributed by atoms with Gasteiger partial charge >= 0.3 is 11.6 Å². The summed E-state index contributed by atoms with van der Waals surface area (Å²) in [6.07, 6.45) is 3.33. The minimum atomic E-state index is -0.789. The van der Waals surface area contributed by atoms with Crippen molar-refractivity contribution in [2.24, 2.45) is 0 Å². The zero-order chi connectivity index (χ0) is 23.1. The van der Waals surface area contributed by atoms with Crippen molar-refractivity contribution in [3.05, 3.63) is 80.1 Å². The molecule has 32 heavy (non-hydrogen) atoms. The number of hydrogen-bond acceptors (Lipinski definition) is 6. The average Bonchev–Trinajstić information content (AvgIpc) is 2.75. The first-order valence-corrected chi connectivity index (χ1v) is 10.3. The van der Waals surface area contributed by atoms with E-state index in [1.54, 1.807) is 31.4 Å².